The van der Waals surface area contributed by atoms with Gasteiger partial charge in [-0.15, -0.1) is 0 Å². The summed E-state index contributed by atoms with van der Waals surface area (Å²) in [5, 5.41) is 6.69. The largest absolute Gasteiger partial charge is 1.00 e. The third-order valence-corrected chi connectivity index (χ3v) is 3.17. The van der Waals surface area contributed by atoms with E-state index in [2.05, 4.69) is 10.6 Å². The summed E-state index contributed by atoms with van der Waals surface area (Å²) >= 11 is 0. The second kappa shape index (κ2) is 9.56. The molecule has 1 aromatic rings. The molecule has 0 aromatic heterocycles. The molecule has 104 valence electrons. The fourth-order valence-corrected chi connectivity index (χ4v) is 2.14. The topological polar surface area (TPSA) is 24.1 Å². The van der Waals surface area contributed by atoms with Gasteiger partial charge in [0.1, 0.15) is 5.82 Å². The molecule has 1 aliphatic heterocycles. The molecule has 1 saturated heterocycles. The number of nitrogens with one attached hydrogen (secondary N) is 2. The molecule has 1 heterocycles. The maximum absolute atomic E-state index is 13.3. The number of benzene rings is 1. The van der Waals surface area contributed by atoms with Gasteiger partial charge < -0.3 is 35.4 Å². The monoisotopic (exact) mass is 292 g/mol. The lowest BCUT2D eigenvalue weighted by atomic mass is 9.98. The molecule has 0 bridgehead atoms. The Morgan fingerprint density at radius 3 is 2.50 bits per heavy atom. The summed E-state index contributed by atoms with van der Waals surface area (Å²) < 4.78 is 13.3. The summed E-state index contributed by atoms with van der Waals surface area (Å²) in [6.07, 6.45) is 2.45. The first-order valence-electron chi connectivity index (χ1n) is 6.01. The van der Waals surface area contributed by atoms with Crippen molar-refractivity contribution >= 4 is 0 Å². The minimum atomic E-state index is -0.111. The molecule has 0 radical (unpaired) electrons. The van der Waals surface area contributed by atoms with Crippen LogP contribution in [-0.2, 0) is 6.54 Å². The maximum atomic E-state index is 13.3. The van der Waals surface area contributed by atoms with Crippen molar-refractivity contribution < 1.29 is 29.2 Å². The van der Waals surface area contributed by atoms with Gasteiger partial charge in [0, 0.05) is 12.1 Å². The third kappa shape index (κ3) is 5.53. The van der Waals surface area contributed by atoms with Crippen LogP contribution in [0.1, 0.15) is 18.4 Å². The van der Waals surface area contributed by atoms with E-state index < -0.39 is 0 Å². The molecule has 18 heavy (non-hydrogen) atoms. The Balaban J connectivity index is 0.00000144. The molecule has 0 atom stereocenters. The van der Waals surface area contributed by atoms with Crippen LogP contribution in [0.15, 0.2) is 24.3 Å². The first kappa shape index (κ1) is 17.6. The van der Waals surface area contributed by atoms with E-state index in [1.54, 1.807) is 6.07 Å². The van der Waals surface area contributed by atoms with Crippen molar-refractivity contribution in [3.8, 4) is 0 Å². The van der Waals surface area contributed by atoms with Crippen LogP contribution >= 0.6 is 0 Å². The highest BCUT2D eigenvalue weighted by Crippen LogP contribution is 2.11. The van der Waals surface area contributed by atoms with Gasteiger partial charge in [0.15, 0.2) is 0 Å². The zero-order valence-electron chi connectivity index (χ0n) is 10.3. The fourth-order valence-electron chi connectivity index (χ4n) is 2.14. The number of piperidine rings is 1. The summed E-state index contributed by atoms with van der Waals surface area (Å²) in [5.74, 6) is 0.633. The van der Waals surface area contributed by atoms with E-state index in [9.17, 15) is 4.39 Å². The average Bonchev–Trinajstić information content (AvgIpc) is 2.33. The quantitative estimate of drug-likeness (QED) is 0.590. The lowest BCUT2D eigenvalue weighted by Crippen LogP contribution is -3.00. The van der Waals surface area contributed by atoms with Gasteiger partial charge in [0.2, 0.25) is 0 Å². The highest BCUT2D eigenvalue weighted by Gasteiger charge is 2.12. The van der Waals surface area contributed by atoms with Crippen LogP contribution in [-0.4, -0.2) is 19.6 Å². The Bertz CT molecular complexity index is 331. The van der Waals surface area contributed by atoms with Crippen LogP contribution in [0, 0.1) is 11.7 Å². The Labute approximate surface area is 121 Å². The van der Waals surface area contributed by atoms with Gasteiger partial charge in [0.05, 0.1) is 0 Å². The van der Waals surface area contributed by atoms with E-state index in [0.717, 1.165) is 31.1 Å². The number of hydrogen-bond donors (Lipinski definition) is 2. The minimum absolute atomic E-state index is 0. The van der Waals surface area contributed by atoms with Crippen LogP contribution in [0.3, 0.4) is 0 Å². The summed E-state index contributed by atoms with van der Waals surface area (Å²) in [5.41, 5.74) is 0.761. The van der Waals surface area contributed by atoms with Crippen LogP contribution in [0.2, 0.25) is 0 Å². The zero-order valence-corrected chi connectivity index (χ0v) is 11.8. The van der Waals surface area contributed by atoms with Gasteiger partial charge in [-0.25, -0.2) is 4.39 Å². The van der Waals surface area contributed by atoms with Crippen molar-refractivity contribution in [2.45, 2.75) is 19.4 Å². The molecule has 1 aromatic carbocycles. The predicted molar refractivity (Wildman–Crippen MR) is 63.7 cm³/mol. The van der Waals surface area contributed by atoms with E-state index in [4.69, 9.17) is 0 Å². The molecule has 2 rings (SSSR count). The van der Waals surface area contributed by atoms with Gasteiger partial charge in [0.25, 0.3) is 0 Å². The molecular weight excluding hydrogens is 274 g/mol. The summed E-state index contributed by atoms with van der Waals surface area (Å²) in [6, 6.07) is 6.96. The van der Waals surface area contributed by atoms with Crippen LogP contribution < -0.4 is 35.4 Å². The van der Waals surface area contributed by atoms with E-state index in [-0.39, 0.29) is 30.6 Å². The normalized spacial score (nSPS) is 15.6. The molecule has 0 unspecified atom stereocenters. The van der Waals surface area contributed by atoms with Gasteiger partial charge in [-0.05, 0) is 44.5 Å². The van der Waals surface area contributed by atoms with Gasteiger partial charge in [-0.2, -0.15) is 0 Å². The second-order valence-corrected chi connectivity index (χ2v) is 4.42. The fraction of sp³-hybridized carbons (Fsp3) is 0.538. The first-order valence-corrected chi connectivity index (χ1v) is 6.01. The third-order valence-electron chi connectivity index (χ3n) is 3.17. The molecular formula is C13H19Cl2FN2-2. The molecule has 5 heteroatoms. The molecule has 1 fully saturated rings. The van der Waals surface area contributed by atoms with Crippen molar-refractivity contribution in [3.05, 3.63) is 35.6 Å². The lowest BCUT2D eigenvalue weighted by molar-refractivity contribution is -0.00100. The number of halogens is 3. The SMILES string of the molecule is Fc1ccccc1CNCC1CCNCC1.[Cl-].[Cl-]. The minimum Gasteiger partial charge on any atom is -1.00 e. The summed E-state index contributed by atoms with van der Waals surface area (Å²) in [4.78, 5) is 0. The lowest BCUT2D eigenvalue weighted by Gasteiger charge is -2.22. The van der Waals surface area contributed by atoms with Crippen LogP contribution in [0.25, 0.3) is 0 Å². The van der Waals surface area contributed by atoms with Crippen LogP contribution in [0.4, 0.5) is 4.39 Å². The Hall–Kier alpha value is -0.350. The summed E-state index contributed by atoms with van der Waals surface area (Å²) in [6.45, 7) is 3.87. The van der Waals surface area contributed by atoms with Crippen molar-refractivity contribution in [2.75, 3.05) is 19.6 Å². The number of rotatable bonds is 4. The average molecular weight is 293 g/mol. The maximum Gasteiger partial charge on any atom is 0.127 e. The van der Waals surface area contributed by atoms with Crippen molar-refractivity contribution in [2.24, 2.45) is 5.92 Å². The van der Waals surface area contributed by atoms with Gasteiger partial charge in [-0.3, -0.25) is 0 Å². The Kier molecular flexibility index (Phi) is 9.38. The van der Waals surface area contributed by atoms with Gasteiger partial charge >= 0.3 is 0 Å². The van der Waals surface area contributed by atoms with E-state index >= 15 is 0 Å². The molecule has 0 spiro atoms. The highest BCUT2D eigenvalue weighted by atomic mass is 35.5. The van der Waals surface area contributed by atoms with E-state index in [1.165, 1.54) is 18.9 Å². The molecule has 2 nitrogen and oxygen atoms in total. The van der Waals surface area contributed by atoms with Crippen molar-refractivity contribution in [1.29, 1.82) is 0 Å². The standard InChI is InChI=1S/C13H19FN2.2ClH/c14-13-4-2-1-3-12(13)10-16-9-11-5-7-15-8-6-11;;/h1-4,11,15-16H,5-10H2;2*1H/p-2. The van der Waals surface area contributed by atoms with E-state index in [0.29, 0.717) is 6.54 Å². The summed E-state index contributed by atoms with van der Waals surface area (Å²) in [7, 11) is 0. The van der Waals surface area contributed by atoms with Crippen LogP contribution in [0.5, 0.6) is 0 Å². The Morgan fingerprint density at radius 2 is 1.83 bits per heavy atom. The van der Waals surface area contributed by atoms with Crippen molar-refractivity contribution in [1.82, 2.24) is 10.6 Å². The molecule has 0 amide bonds. The van der Waals surface area contributed by atoms with Crippen molar-refractivity contribution in [3.63, 3.8) is 0 Å². The predicted octanol–water partition coefficient (Wildman–Crippen LogP) is -4.08. The highest BCUT2D eigenvalue weighted by molar-refractivity contribution is 5.16. The smallest absolute Gasteiger partial charge is 0.127 e. The second-order valence-electron chi connectivity index (χ2n) is 4.42. The molecule has 0 saturated carbocycles. The first-order chi connectivity index (χ1) is 7.86. The molecule has 2 N–H and O–H groups in total. The molecule has 0 aliphatic carbocycles. The van der Waals surface area contributed by atoms with E-state index in [1.807, 2.05) is 12.1 Å². The molecule has 1 aliphatic rings. The Morgan fingerprint density at radius 1 is 1.17 bits per heavy atom. The zero-order chi connectivity index (χ0) is 11.2. The number of hydrogen-bond acceptors (Lipinski definition) is 2. The van der Waals surface area contributed by atoms with Gasteiger partial charge in [-0.1, -0.05) is 18.2 Å².